The molecule has 0 aliphatic carbocycles. The molecule has 3 rings (SSSR count). The van der Waals surface area contributed by atoms with Crippen molar-refractivity contribution in [1.29, 1.82) is 0 Å². The number of rotatable bonds is 11. The van der Waals surface area contributed by atoms with Crippen molar-refractivity contribution in [3.63, 3.8) is 0 Å². The molecule has 37 heavy (non-hydrogen) atoms. The quantitative estimate of drug-likeness (QED) is 0.381. The Bertz CT molecular complexity index is 1300. The number of carbonyl (C=O) groups excluding carboxylic acids is 2. The van der Waals surface area contributed by atoms with Gasteiger partial charge >= 0.3 is 0 Å². The molecule has 0 aromatic heterocycles. The van der Waals surface area contributed by atoms with E-state index in [0.29, 0.717) is 11.6 Å². The zero-order chi connectivity index (χ0) is 27.0. The zero-order valence-electron chi connectivity index (χ0n) is 20.6. The van der Waals surface area contributed by atoms with Gasteiger partial charge < -0.3 is 10.2 Å². The molecular formula is C27H29ClFN3O4S. The second-order valence-corrected chi connectivity index (χ2v) is 10.7. The van der Waals surface area contributed by atoms with Crippen LogP contribution in [0.1, 0.15) is 25.8 Å². The predicted octanol–water partition coefficient (Wildman–Crippen LogP) is 4.62. The van der Waals surface area contributed by atoms with E-state index in [1.165, 1.54) is 4.90 Å². The Labute approximate surface area is 221 Å². The van der Waals surface area contributed by atoms with Crippen LogP contribution in [0.4, 0.5) is 10.1 Å². The predicted molar refractivity (Wildman–Crippen MR) is 142 cm³/mol. The molecule has 0 unspecified atom stereocenters. The smallest absolute Gasteiger partial charge is 0.264 e. The van der Waals surface area contributed by atoms with Crippen LogP contribution in [0, 0.1) is 5.82 Å². The van der Waals surface area contributed by atoms with Gasteiger partial charge in [0.25, 0.3) is 10.0 Å². The Morgan fingerprint density at radius 2 is 1.59 bits per heavy atom. The van der Waals surface area contributed by atoms with E-state index in [9.17, 15) is 22.4 Å². The number of nitrogens with one attached hydrogen (secondary N) is 1. The Balaban J connectivity index is 1.98. The minimum Gasteiger partial charge on any atom is -0.354 e. The number of halogens is 2. The third-order valence-electron chi connectivity index (χ3n) is 5.71. The lowest BCUT2D eigenvalue weighted by Gasteiger charge is -2.32. The summed E-state index contributed by atoms with van der Waals surface area (Å²) in [6, 6.07) is 18.5. The van der Waals surface area contributed by atoms with E-state index in [-0.39, 0.29) is 23.0 Å². The third kappa shape index (κ3) is 7.30. The van der Waals surface area contributed by atoms with Gasteiger partial charge in [-0.25, -0.2) is 12.8 Å². The molecule has 0 bridgehead atoms. The van der Waals surface area contributed by atoms with Crippen LogP contribution in [-0.2, 0) is 26.2 Å². The number of anilines is 1. The number of carbonyl (C=O) groups is 2. The summed E-state index contributed by atoms with van der Waals surface area (Å²) >= 11 is 5.99. The van der Waals surface area contributed by atoms with Gasteiger partial charge in [0.15, 0.2) is 0 Å². The van der Waals surface area contributed by atoms with Gasteiger partial charge in [-0.1, -0.05) is 48.9 Å². The van der Waals surface area contributed by atoms with Crippen molar-refractivity contribution in [2.45, 2.75) is 37.8 Å². The van der Waals surface area contributed by atoms with Crippen molar-refractivity contribution in [2.75, 3.05) is 17.4 Å². The van der Waals surface area contributed by atoms with Crippen LogP contribution in [-0.4, -0.2) is 44.3 Å². The van der Waals surface area contributed by atoms with Gasteiger partial charge in [-0.05, 0) is 67.4 Å². The van der Waals surface area contributed by atoms with E-state index in [1.807, 2.05) is 6.92 Å². The topological polar surface area (TPSA) is 86.8 Å². The second kappa shape index (κ2) is 12.7. The normalized spacial score (nSPS) is 12.0. The van der Waals surface area contributed by atoms with Gasteiger partial charge in [0.1, 0.15) is 18.4 Å². The monoisotopic (exact) mass is 545 g/mol. The largest absolute Gasteiger partial charge is 0.354 e. The average molecular weight is 546 g/mol. The highest BCUT2D eigenvalue weighted by molar-refractivity contribution is 7.92. The molecule has 0 radical (unpaired) electrons. The van der Waals surface area contributed by atoms with Crippen LogP contribution < -0.4 is 9.62 Å². The van der Waals surface area contributed by atoms with Crippen LogP contribution in [0.5, 0.6) is 0 Å². The number of benzene rings is 3. The van der Waals surface area contributed by atoms with Gasteiger partial charge in [0.05, 0.1) is 10.6 Å². The highest BCUT2D eigenvalue weighted by Crippen LogP contribution is 2.24. The van der Waals surface area contributed by atoms with Gasteiger partial charge in [-0.2, -0.15) is 0 Å². The van der Waals surface area contributed by atoms with Crippen molar-refractivity contribution in [1.82, 2.24) is 10.2 Å². The molecule has 1 atom stereocenters. The second-order valence-electron chi connectivity index (χ2n) is 8.42. The first kappa shape index (κ1) is 28.1. The van der Waals surface area contributed by atoms with E-state index in [2.05, 4.69) is 5.32 Å². The molecule has 7 nitrogen and oxygen atoms in total. The van der Waals surface area contributed by atoms with Crippen LogP contribution in [0.3, 0.4) is 0 Å². The highest BCUT2D eigenvalue weighted by Gasteiger charge is 2.32. The maximum absolute atomic E-state index is 13.7. The highest BCUT2D eigenvalue weighted by atomic mass is 35.5. The van der Waals surface area contributed by atoms with Gasteiger partial charge in [0.2, 0.25) is 11.8 Å². The maximum atomic E-state index is 13.7. The molecule has 0 heterocycles. The first-order valence-corrected chi connectivity index (χ1v) is 13.6. The Hall–Kier alpha value is -3.43. The standard InChI is InChI=1S/C27H29ClFN3O4S/c1-3-17-30-27(34)20(2)31(18-21-9-11-22(28)12-10-21)26(33)19-32(24-7-5-4-6-8-24)37(35,36)25-15-13-23(29)14-16-25/h4-16,20H,3,17-19H2,1-2H3,(H,30,34)/t20-/m0/s1. The SMILES string of the molecule is CCCNC(=O)[C@H](C)N(Cc1ccc(Cl)cc1)C(=O)CN(c1ccccc1)S(=O)(=O)c1ccc(F)cc1. The zero-order valence-corrected chi connectivity index (χ0v) is 22.2. The molecule has 196 valence electrons. The lowest BCUT2D eigenvalue weighted by Crippen LogP contribution is -2.51. The molecule has 1 N–H and O–H groups in total. The van der Waals surface area contributed by atoms with Crippen LogP contribution in [0.2, 0.25) is 5.02 Å². The van der Waals surface area contributed by atoms with Crippen molar-refractivity contribution in [3.8, 4) is 0 Å². The summed E-state index contributed by atoms with van der Waals surface area (Å²) in [6.07, 6.45) is 0.724. The van der Waals surface area contributed by atoms with Crippen molar-refractivity contribution >= 4 is 39.1 Å². The summed E-state index contributed by atoms with van der Waals surface area (Å²) in [6.45, 7) is 3.46. The minimum atomic E-state index is -4.24. The molecule has 0 spiro atoms. The Morgan fingerprint density at radius 3 is 2.19 bits per heavy atom. The molecule has 0 aliphatic heterocycles. The van der Waals surface area contributed by atoms with Gasteiger partial charge in [-0.3, -0.25) is 13.9 Å². The molecule has 0 fully saturated rings. The number of sulfonamides is 1. The van der Waals surface area contributed by atoms with Gasteiger partial charge in [-0.15, -0.1) is 0 Å². The molecule has 0 aliphatic rings. The molecule has 3 aromatic rings. The van der Waals surface area contributed by atoms with E-state index >= 15 is 0 Å². The van der Waals surface area contributed by atoms with Crippen LogP contribution >= 0.6 is 11.6 Å². The molecule has 0 saturated heterocycles. The van der Waals surface area contributed by atoms with Crippen molar-refractivity contribution in [2.24, 2.45) is 0 Å². The third-order valence-corrected chi connectivity index (χ3v) is 7.75. The summed E-state index contributed by atoms with van der Waals surface area (Å²) in [7, 11) is -4.24. The summed E-state index contributed by atoms with van der Waals surface area (Å²) in [5.74, 6) is -1.51. The summed E-state index contributed by atoms with van der Waals surface area (Å²) in [5, 5.41) is 3.31. The lowest BCUT2D eigenvalue weighted by molar-refractivity contribution is -0.139. The number of hydrogen-bond donors (Lipinski definition) is 1. The average Bonchev–Trinajstić information content (AvgIpc) is 2.90. The fraction of sp³-hybridized carbons (Fsp3) is 0.259. The first-order valence-electron chi connectivity index (χ1n) is 11.8. The van der Waals surface area contributed by atoms with Crippen molar-refractivity contribution < 1.29 is 22.4 Å². The maximum Gasteiger partial charge on any atom is 0.264 e. The van der Waals surface area contributed by atoms with E-state index in [1.54, 1.807) is 61.5 Å². The number of amides is 2. The molecule has 2 amide bonds. The molecule has 10 heteroatoms. The van der Waals surface area contributed by atoms with Gasteiger partial charge in [0, 0.05) is 18.1 Å². The number of para-hydroxylation sites is 1. The van der Waals surface area contributed by atoms with E-state index < -0.39 is 34.3 Å². The Morgan fingerprint density at radius 1 is 0.973 bits per heavy atom. The van der Waals surface area contributed by atoms with E-state index in [4.69, 9.17) is 11.6 Å². The summed E-state index contributed by atoms with van der Waals surface area (Å²) in [4.78, 5) is 27.7. The fourth-order valence-corrected chi connectivity index (χ4v) is 5.16. The number of nitrogens with zero attached hydrogens (tertiary/aromatic N) is 2. The summed E-state index contributed by atoms with van der Waals surface area (Å²) < 4.78 is 41.6. The van der Waals surface area contributed by atoms with Crippen molar-refractivity contribution in [3.05, 3.63) is 95.3 Å². The lowest BCUT2D eigenvalue weighted by atomic mass is 10.1. The molecule has 0 saturated carbocycles. The fourth-order valence-electron chi connectivity index (χ4n) is 3.62. The Kier molecular flexibility index (Phi) is 9.66. The first-order chi connectivity index (χ1) is 17.6. The van der Waals surface area contributed by atoms with E-state index in [0.717, 1.165) is 40.6 Å². The number of hydrogen-bond acceptors (Lipinski definition) is 4. The molecular weight excluding hydrogens is 517 g/mol. The van der Waals surface area contributed by atoms with Crippen LogP contribution in [0.25, 0.3) is 0 Å². The molecule has 3 aromatic carbocycles. The minimum absolute atomic E-state index is 0.0654. The summed E-state index contributed by atoms with van der Waals surface area (Å²) in [5.41, 5.74) is 0.982. The van der Waals surface area contributed by atoms with Crippen LogP contribution in [0.15, 0.2) is 83.8 Å².